The van der Waals surface area contributed by atoms with Crippen molar-refractivity contribution >= 4 is 6.09 Å². The van der Waals surface area contributed by atoms with Crippen molar-refractivity contribution in [3.8, 4) is 11.8 Å². The lowest BCUT2D eigenvalue weighted by atomic mass is 9.98. The highest BCUT2D eigenvalue weighted by Gasteiger charge is 2.27. The van der Waals surface area contributed by atoms with Gasteiger partial charge in [-0.1, -0.05) is 6.07 Å². The van der Waals surface area contributed by atoms with Crippen molar-refractivity contribution in [3.63, 3.8) is 0 Å². The lowest BCUT2D eigenvalue weighted by molar-refractivity contribution is 0.0165. The number of benzene rings is 1. The van der Waals surface area contributed by atoms with Crippen molar-refractivity contribution in [3.05, 3.63) is 29.6 Å². The Balaban J connectivity index is 1.83. The third-order valence-electron chi connectivity index (χ3n) is 3.83. The molecule has 6 heteroatoms. The number of halogens is 1. The lowest BCUT2D eigenvalue weighted by Crippen LogP contribution is -2.42. The quantitative estimate of drug-likeness (QED) is 0.845. The predicted octanol–water partition coefficient (Wildman–Crippen LogP) is 3.72. The zero-order chi connectivity index (χ0) is 17.7. The number of likely N-dealkylation sites (tertiary alicyclic amines) is 1. The number of hydrogen-bond donors (Lipinski definition) is 0. The molecule has 24 heavy (non-hydrogen) atoms. The minimum atomic E-state index is -0.574. The molecule has 1 aliphatic heterocycles. The number of rotatable bonds is 3. The molecule has 0 saturated carbocycles. The highest BCUT2D eigenvalue weighted by molar-refractivity contribution is 5.68. The monoisotopic (exact) mass is 334 g/mol. The van der Waals surface area contributed by atoms with Crippen LogP contribution in [0.1, 0.15) is 39.2 Å². The third-order valence-corrected chi connectivity index (χ3v) is 3.83. The molecule has 0 spiro atoms. The summed E-state index contributed by atoms with van der Waals surface area (Å²) in [7, 11) is 0. The smallest absolute Gasteiger partial charge is 0.410 e. The molecule has 0 aliphatic carbocycles. The number of nitriles is 1. The molecule has 0 unspecified atom stereocenters. The maximum absolute atomic E-state index is 13.5. The first kappa shape index (κ1) is 18.1. The fourth-order valence-electron chi connectivity index (χ4n) is 2.55. The van der Waals surface area contributed by atoms with E-state index in [0.29, 0.717) is 19.7 Å². The van der Waals surface area contributed by atoms with E-state index >= 15 is 0 Å². The Kier molecular flexibility index (Phi) is 5.66. The van der Waals surface area contributed by atoms with Gasteiger partial charge in [0.05, 0.1) is 6.61 Å². The van der Waals surface area contributed by atoms with Gasteiger partial charge in [0.15, 0.2) is 0 Å². The first-order valence-corrected chi connectivity index (χ1v) is 8.09. The van der Waals surface area contributed by atoms with Crippen molar-refractivity contribution in [2.75, 3.05) is 19.7 Å². The van der Waals surface area contributed by atoms with Crippen LogP contribution in [0.5, 0.6) is 5.75 Å². The second-order valence-corrected chi connectivity index (χ2v) is 6.95. The number of nitrogens with zero attached hydrogens (tertiary/aromatic N) is 2. The highest BCUT2D eigenvalue weighted by atomic mass is 19.1. The average Bonchev–Trinajstić information content (AvgIpc) is 2.52. The van der Waals surface area contributed by atoms with Gasteiger partial charge in [0.25, 0.3) is 0 Å². The second kappa shape index (κ2) is 7.52. The van der Waals surface area contributed by atoms with E-state index < -0.39 is 11.4 Å². The van der Waals surface area contributed by atoms with E-state index in [-0.39, 0.29) is 23.3 Å². The Hall–Kier alpha value is -2.29. The molecule has 130 valence electrons. The summed E-state index contributed by atoms with van der Waals surface area (Å²) < 4.78 is 24.5. The van der Waals surface area contributed by atoms with Crippen molar-refractivity contribution in [2.45, 2.75) is 39.2 Å². The minimum absolute atomic E-state index is 0.0660. The summed E-state index contributed by atoms with van der Waals surface area (Å²) in [6.07, 6.45) is 1.28. The van der Waals surface area contributed by atoms with Crippen LogP contribution in [0.15, 0.2) is 18.2 Å². The van der Waals surface area contributed by atoms with E-state index in [9.17, 15) is 9.18 Å². The van der Waals surface area contributed by atoms with Crippen LogP contribution < -0.4 is 4.74 Å². The normalized spacial score (nSPS) is 15.7. The maximum atomic E-state index is 13.5. The third kappa shape index (κ3) is 4.85. The second-order valence-electron chi connectivity index (χ2n) is 6.95. The molecule has 1 aromatic carbocycles. The fraction of sp³-hybridized carbons (Fsp3) is 0.556. The van der Waals surface area contributed by atoms with Gasteiger partial charge in [0.2, 0.25) is 0 Å². The van der Waals surface area contributed by atoms with Crippen LogP contribution in [0.2, 0.25) is 0 Å². The van der Waals surface area contributed by atoms with Crippen LogP contribution in [-0.4, -0.2) is 36.3 Å². The summed E-state index contributed by atoms with van der Waals surface area (Å²) in [4.78, 5) is 13.7. The van der Waals surface area contributed by atoms with Gasteiger partial charge in [0.1, 0.15) is 28.8 Å². The highest BCUT2D eigenvalue weighted by Crippen LogP contribution is 2.24. The molecular formula is C18H23FN2O3. The molecule has 1 heterocycles. The number of carbonyl (C=O) groups is 1. The predicted molar refractivity (Wildman–Crippen MR) is 87.1 cm³/mol. The Morgan fingerprint density at radius 3 is 2.62 bits per heavy atom. The topological polar surface area (TPSA) is 62.6 Å². The van der Waals surface area contributed by atoms with Crippen LogP contribution in [0.3, 0.4) is 0 Å². The zero-order valence-electron chi connectivity index (χ0n) is 14.3. The standard InChI is InChI=1S/C18H23FN2O3/c1-18(2,3)24-17(22)21-9-7-13(8-10-21)12-23-16-6-4-5-15(19)14(16)11-20/h4-6,13H,7-10,12H2,1-3H3. The maximum Gasteiger partial charge on any atom is 0.410 e. The molecule has 0 N–H and O–H groups in total. The molecule has 1 fully saturated rings. The Morgan fingerprint density at radius 1 is 1.38 bits per heavy atom. The molecule has 1 saturated heterocycles. The minimum Gasteiger partial charge on any atom is -0.492 e. The molecule has 0 bridgehead atoms. The number of hydrogen-bond acceptors (Lipinski definition) is 4. The molecule has 1 amide bonds. The average molecular weight is 334 g/mol. The van der Waals surface area contributed by atoms with Crippen molar-refractivity contribution in [1.29, 1.82) is 5.26 Å². The first-order valence-electron chi connectivity index (χ1n) is 8.09. The van der Waals surface area contributed by atoms with Crippen LogP contribution in [-0.2, 0) is 4.74 Å². The molecule has 1 aliphatic rings. The summed E-state index contributed by atoms with van der Waals surface area (Å²) in [5.74, 6) is -0.0414. The summed E-state index contributed by atoms with van der Waals surface area (Å²) in [5.41, 5.74) is -0.564. The molecule has 2 rings (SSSR count). The zero-order valence-corrected chi connectivity index (χ0v) is 14.3. The van der Waals surface area contributed by atoms with Gasteiger partial charge in [-0.3, -0.25) is 0 Å². The Morgan fingerprint density at radius 2 is 2.04 bits per heavy atom. The van der Waals surface area contributed by atoms with E-state index in [0.717, 1.165) is 12.8 Å². The molecule has 0 radical (unpaired) electrons. The molecule has 1 aromatic rings. The Labute approximate surface area is 142 Å². The SMILES string of the molecule is CC(C)(C)OC(=O)N1CCC(COc2cccc(F)c2C#N)CC1. The summed E-state index contributed by atoms with van der Waals surface area (Å²) in [6.45, 7) is 7.15. The van der Waals surface area contributed by atoms with Crippen molar-refractivity contribution in [1.82, 2.24) is 4.90 Å². The van der Waals surface area contributed by atoms with E-state index in [1.807, 2.05) is 26.8 Å². The van der Waals surface area contributed by atoms with E-state index in [1.54, 1.807) is 11.0 Å². The van der Waals surface area contributed by atoms with Crippen LogP contribution >= 0.6 is 0 Å². The number of carbonyl (C=O) groups excluding carboxylic acids is 1. The molecule has 0 atom stereocenters. The molecule has 5 nitrogen and oxygen atoms in total. The number of piperidine rings is 1. The number of ether oxygens (including phenoxy) is 2. The fourth-order valence-corrected chi connectivity index (χ4v) is 2.55. The van der Waals surface area contributed by atoms with Gasteiger partial charge in [-0.15, -0.1) is 0 Å². The van der Waals surface area contributed by atoms with Gasteiger partial charge in [-0.2, -0.15) is 5.26 Å². The van der Waals surface area contributed by atoms with Crippen LogP contribution in [0.25, 0.3) is 0 Å². The Bertz CT molecular complexity index is 626. The van der Waals surface area contributed by atoms with Crippen LogP contribution in [0, 0.1) is 23.1 Å². The summed E-state index contributed by atoms with van der Waals surface area (Å²) >= 11 is 0. The van der Waals surface area contributed by atoms with Crippen LogP contribution in [0.4, 0.5) is 9.18 Å². The van der Waals surface area contributed by atoms with E-state index in [2.05, 4.69) is 0 Å². The largest absolute Gasteiger partial charge is 0.492 e. The van der Waals surface area contributed by atoms with Crippen molar-refractivity contribution < 1.29 is 18.7 Å². The summed E-state index contributed by atoms with van der Waals surface area (Å²) in [6, 6.07) is 6.19. The first-order chi connectivity index (χ1) is 11.3. The van der Waals surface area contributed by atoms with E-state index in [1.165, 1.54) is 12.1 Å². The van der Waals surface area contributed by atoms with Gasteiger partial charge in [-0.25, -0.2) is 9.18 Å². The number of amides is 1. The van der Waals surface area contributed by atoms with Gasteiger partial charge in [0, 0.05) is 13.1 Å². The van der Waals surface area contributed by atoms with Gasteiger partial charge < -0.3 is 14.4 Å². The molecule has 0 aromatic heterocycles. The lowest BCUT2D eigenvalue weighted by Gasteiger charge is -2.33. The summed E-state index contributed by atoms with van der Waals surface area (Å²) in [5, 5.41) is 9.00. The molecular weight excluding hydrogens is 311 g/mol. The van der Waals surface area contributed by atoms with Crippen molar-refractivity contribution in [2.24, 2.45) is 5.92 Å². The van der Waals surface area contributed by atoms with E-state index in [4.69, 9.17) is 14.7 Å². The van der Waals surface area contributed by atoms with Gasteiger partial charge in [-0.05, 0) is 51.7 Å². The van der Waals surface area contributed by atoms with Gasteiger partial charge >= 0.3 is 6.09 Å².